The Morgan fingerprint density at radius 3 is 2.16 bits per heavy atom. The predicted molar refractivity (Wildman–Crippen MR) is 254 cm³/mol. The topological polar surface area (TPSA) is 245 Å². The van der Waals surface area contributed by atoms with E-state index in [1.807, 2.05) is 31.7 Å². The maximum absolute atomic E-state index is 14.0. The molecule has 402 valence electrons. The summed E-state index contributed by atoms with van der Waals surface area (Å²) in [7, 11) is 6.50. The Morgan fingerprint density at radius 1 is 0.886 bits per heavy atom. The molecule has 3 saturated heterocycles. The number of ketones is 1. The van der Waals surface area contributed by atoms with Crippen molar-refractivity contribution in [3.63, 3.8) is 0 Å². The quantitative estimate of drug-likeness (QED) is 0.120. The van der Waals surface area contributed by atoms with Gasteiger partial charge in [0.1, 0.15) is 42.9 Å². The second-order valence-electron chi connectivity index (χ2n) is 20.3. The van der Waals surface area contributed by atoms with Gasteiger partial charge < -0.3 is 77.5 Å². The average molecular weight is 1000 g/mol. The number of allylic oxidation sites excluding steroid dienone is 3. The highest BCUT2D eigenvalue weighted by molar-refractivity contribution is 5.91. The van der Waals surface area contributed by atoms with Gasteiger partial charge in [-0.2, -0.15) is 0 Å². The molecule has 4 N–H and O–H groups in total. The molecule has 0 saturated carbocycles. The van der Waals surface area contributed by atoms with Crippen LogP contribution in [0.3, 0.4) is 0 Å². The van der Waals surface area contributed by atoms with E-state index in [1.54, 1.807) is 54.8 Å². The van der Waals surface area contributed by atoms with Crippen molar-refractivity contribution in [1.82, 2.24) is 4.90 Å². The number of esters is 2. The number of methoxy groups -OCH3 is 2. The van der Waals surface area contributed by atoms with Gasteiger partial charge in [0.15, 0.2) is 30.8 Å². The van der Waals surface area contributed by atoms with E-state index in [2.05, 4.69) is 0 Å². The third-order valence-corrected chi connectivity index (χ3v) is 14.4. The summed E-state index contributed by atoms with van der Waals surface area (Å²) in [4.78, 5) is 55.8. The van der Waals surface area contributed by atoms with Crippen LogP contribution in [0.2, 0.25) is 0 Å². The van der Waals surface area contributed by atoms with Crippen molar-refractivity contribution in [2.24, 2.45) is 23.7 Å². The zero-order valence-electron chi connectivity index (χ0n) is 43.7. The van der Waals surface area contributed by atoms with Crippen LogP contribution >= 0.6 is 0 Å². The zero-order valence-corrected chi connectivity index (χ0v) is 43.7. The Labute approximate surface area is 414 Å². The molecule has 0 unspecified atom stereocenters. The second-order valence-corrected chi connectivity index (χ2v) is 20.3. The Morgan fingerprint density at radius 2 is 1.56 bits per heavy atom. The molecular weight excluding hydrogens is 915 g/mol. The molecule has 4 heterocycles. The number of hydrogen-bond donors (Lipinski definition) is 4. The highest BCUT2D eigenvalue weighted by Gasteiger charge is 2.53. The Bertz CT molecular complexity index is 1730. The molecule has 4 aliphatic heterocycles. The number of likely N-dealkylation sites (N-methyl/N-ethyl adjacent to an activating group) is 1. The lowest BCUT2D eigenvalue weighted by Gasteiger charge is -2.50. The predicted octanol–water partition coefficient (Wildman–Crippen LogP) is 3.57. The van der Waals surface area contributed by atoms with Crippen LogP contribution in [0.15, 0.2) is 23.8 Å². The molecule has 0 aliphatic carbocycles. The van der Waals surface area contributed by atoms with E-state index in [1.165, 1.54) is 27.2 Å². The van der Waals surface area contributed by atoms with Gasteiger partial charge in [0, 0.05) is 51.2 Å². The maximum atomic E-state index is 14.0. The third-order valence-electron chi connectivity index (χ3n) is 14.4. The van der Waals surface area contributed by atoms with E-state index in [0.29, 0.717) is 18.4 Å². The Hall–Kier alpha value is -2.76. The minimum Gasteiger partial charge on any atom is -0.462 e. The van der Waals surface area contributed by atoms with Gasteiger partial charge in [-0.05, 0) is 80.0 Å². The molecule has 21 atom stereocenters. The summed E-state index contributed by atoms with van der Waals surface area (Å²) in [6, 6.07) is -0.743. The van der Waals surface area contributed by atoms with Crippen LogP contribution in [-0.4, -0.2) is 188 Å². The number of aldehydes is 1. The fourth-order valence-electron chi connectivity index (χ4n) is 10.1. The number of carbonyl (C=O) groups excluding carboxylic acids is 4. The fraction of sp³-hybridized carbons (Fsp3) is 0.843. The van der Waals surface area contributed by atoms with Gasteiger partial charge in [0.25, 0.3) is 0 Å². The Kier molecular flexibility index (Phi) is 23.5. The van der Waals surface area contributed by atoms with Crippen molar-refractivity contribution in [3.05, 3.63) is 23.8 Å². The Balaban J connectivity index is 1.71. The zero-order chi connectivity index (χ0) is 52.2. The van der Waals surface area contributed by atoms with Gasteiger partial charge in [-0.25, -0.2) is 0 Å². The lowest BCUT2D eigenvalue weighted by atomic mass is 9.79. The number of aliphatic hydroxyl groups excluding tert-OH is 3. The van der Waals surface area contributed by atoms with Crippen LogP contribution in [-0.2, 0) is 66.5 Å². The van der Waals surface area contributed by atoms with Crippen LogP contribution in [0, 0.1) is 23.7 Å². The molecular formula is C51H85NO18. The summed E-state index contributed by atoms with van der Waals surface area (Å²) in [5.74, 6) is -4.25. The van der Waals surface area contributed by atoms with E-state index in [4.69, 9.17) is 47.4 Å². The van der Waals surface area contributed by atoms with E-state index in [-0.39, 0.29) is 38.1 Å². The molecule has 0 amide bonds. The van der Waals surface area contributed by atoms with Crippen LogP contribution in [0.5, 0.6) is 0 Å². The van der Waals surface area contributed by atoms with Crippen molar-refractivity contribution in [2.45, 2.75) is 217 Å². The summed E-state index contributed by atoms with van der Waals surface area (Å²) in [5, 5.41) is 44.4. The maximum Gasteiger partial charge on any atom is 0.308 e. The molecule has 0 aromatic carbocycles. The van der Waals surface area contributed by atoms with E-state index >= 15 is 0 Å². The summed E-state index contributed by atoms with van der Waals surface area (Å²) < 4.78 is 61.9. The van der Waals surface area contributed by atoms with Gasteiger partial charge in [-0.15, -0.1) is 0 Å². The van der Waals surface area contributed by atoms with E-state index in [9.17, 15) is 39.6 Å². The van der Waals surface area contributed by atoms with Crippen LogP contribution in [0.1, 0.15) is 114 Å². The molecule has 0 spiro atoms. The summed E-state index contributed by atoms with van der Waals surface area (Å²) >= 11 is 0. The number of ether oxygens (including phenoxy) is 10. The molecule has 0 bridgehead atoms. The third kappa shape index (κ3) is 15.6. The van der Waals surface area contributed by atoms with Gasteiger partial charge in [0.05, 0.1) is 55.2 Å². The molecule has 0 aromatic rings. The monoisotopic (exact) mass is 1000 g/mol. The highest BCUT2D eigenvalue weighted by Crippen LogP contribution is 2.38. The smallest absolute Gasteiger partial charge is 0.308 e. The molecule has 19 nitrogen and oxygen atoms in total. The minimum absolute atomic E-state index is 0.0199. The number of carbonyl (C=O) groups is 4. The first-order valence-corrected chi connectivity index (χ1v) is 25.1. The van der Waals surface area contributed by atoms with Crippen molar-refractivity contribution in [2.75, 3.05) is 34.9 Å². The number of hydrogen-bond acceptors (Lipinski definition) is 19. The molecule has 70 heavy (non-hydrogen) atoms. The average Bonchev–Trinajstić information content (AvgIpc) is 3.30. The number of nitrogens with zero attached hydrogens (tertiary/aromatic N) is 1. The van der Waals surface area contributed by atoms with Crippen molar-refractivity contribution < 1.29 is 87.0 Å². The first kappa shape index (κ1) is 59.8. The van der Waals surface area contributed by atoms with Crippen LogP contribution < -0.4 is 0 Å². The van der Waals surface area contributed by atoms with Crippen molar-refractivity contribution >= 4 is 24.0 Å². The lowest BCUT2D eigenvalue weighted by molar-refractivity contribution is -0.342. The van der Waals surface area contributed by atoms with Crippen LogP contribution in [0.25, 0.3) is 0 Å². The fourth-order valence-corrected chi connectivity index (χ4v) is 10.1. The SMILES string of the molecule is CCCCC(=O)O[C@H]1[C@H](O[C@H]2[C@@H](CC=O)C[C@@H](C)C(=O)/C=C/C(C)=C/[C@H](CO[C@@H]3O[C@H](C)[C@@H](O)[C@@H](OC)[C@H]3OC)[C@@H](CC)OC(=O)C[C@@H](O)[C@@H]2C)O[C@H](C)[C@@H](O[C@H]2C[C@@](C)(O)[C@@H](O)[C@H](C)O2)[C@@H]1N(C)C. The summed E-state index contributed by atoms with van der Waals surface area (Å²) in [6.45, 7) is 15.6. The van der Waals surface area contributed by atoms with Gasteiger partial charge in [0.2, 0.25) is 0 Å². The second kappa shape index (κ2) is 27.5. The molecule has 0 radical (unpaired) electrons. The highest BCUT2D eigenvalue weighted by atomic mass is 16.7. The standard InChI is InChI=1S/C51H85NO18/c1-14-16-17-38(56)68-45-41(52(10)11)44(69-40-25-51(9,60)48(59)32(8)64-40)31(7)66-50(45)70-43-29(5)36(55)24-39(57)67-37(15-2)34(22-27(3)18-19-35(54)28(4)23-33(43)20-21-53)26-63-49-47(62-13)46(61-12)42(58)30(6)65-49/h18-19,21-22,28-34,36-37,40-50,55,58-60H,14-17,20,23-26H2,1-13H3/b19-18+,27-22+/t28-,29+,30-,31-,32+,33+,34-,36-,37-,40+,41+,42-,43-,44-,45-,46-,47-,48+,49-,50+,51-/m1/s1. The number of rotatable bonds is 17. The molecule has 4 rings (SSSR count). The van der Waals surface area contributed by atoms with E-state index in [0.717, 1.165) is 12.7 Å². The lowest BCUT2D eigenvalue weighted by Crippen LogP contribution is -2.66. The van der Waals surface area contributed by atoms with Crippen molar-refractivity contribution in [1.29, 1.82) is 0 Å². The molecule has 3 fully saturated rings. The number of cyclic esters (lactones) is 1. The van der Waals surface area contributed by atoms with Gasteiger partial charge >= 0.3 is 11.9 Å². The molecule has 4 aliphatic rings. The normalized spacial score (nSPS) is 42.9. The molecule has 0 aromatic heterocycles. The van der Waals surface area contributed by atoms with Gasteiger partial charge in [-0.1, -0.05) is 51.8 Å². The number of aliphatic hydroxyl groups is 4. The van der Waals surface area contributed by atoms with Crippen molar-refractivity contribution in [3.8, 4) is 0 Å². The van der Waals surface area contributed by atoms with E-state index < -0.39 is 146 Å². The first-order chi connectivity index (χ1) is 33.0. The minimum atomic E-state index is -1.52. The largest absolute Gasteiger partial charge is 0.462 e. The van der Waals surface area contributed by atoms with Crippen LogP contribution in [0.4, 0.5) is 0 Å². The molecule has 19 heteroatoms. The van der Waals surface area contributed by atoms with Gasteiger partial charge in [-0.3, -0.25) is 14.4 Å². The first-order valence-electron chi connectivity index (χ1n) is 25.1. The number of unbranched alkanes of at least 4 members (excludes halogenated alkanes) is 1. The summed E-state index contributed by atoms with van der Waals surface area (Å²) in [5.41, 5.74) is -0.849. The summed E-state index contributed by atoms with van der Waals surface area (Å²) in [6.07, 6.45) is -7.31.